The maximum absolute atomic E-state index is 4.63. The minimum Gasteiger partial charge on any atom is -0.313 e. The fourth-order valence-corrected chi connectivity index (χ4v) is 2.25. The molecule has 1 aromatic heterocycles. The molecular weight excluding hydrogens is 234 g/mol. The molecule has 0 aliphatic heterocycles. The predicted octanol–water partition coefficient (Wildman–Crippen LogP) is 3.81. The molecule has 0 bridgehead atoms. The molecule has 1 N–H and O–H groups in total. The second-order valence-corrected chi connectivity index (χ2v) is 6.79. The highest BCUT2D eigenvalue weighted by Gasteiger charge is 2.23. The van der Waals surface area contributed by atoms with E-state index in [1.165, 1.54) is 12.1 Å². The van der Waals surface area contributed by atoms with E-state index in [0.717, 1.165) is 19.4 Å². The van der Waals surface area contributed by atoms with Crippen molar-refractivity contribution in [1.29, 1.82) is 0 Å². The minimum atomic E-state index is 0.301. The summed E-state index contributed by atoms with van der Waals surface area (Å²) in [7, 11) is 0. The maximum atomic E-state index is 4.63. The number of hydrogen-bond acceptors (Lipinski definition) is 2. The van der Waals surface area contributed by atoms with E-state index in [2.05, 4.69) is 64.2 Å². The van der Waals surface area contributed by atoms with Crippen molar-refractivity contribution in [2.45, 2.75) is 72.9 Å². The Morgan fingerprint density at radius 1 is 1.32 bits per heavy atom. The highest BCUT2D eigenvalue weighted by atomic mass is 15.3. The summed E-state index contributed by atoms with van der Waals surface area (Å²) in [5.41, 5.74) is 1.51. The molecular formula is C16H31N3. The molecule has 1 heterocycles. The van der Waals surface area contributed by atoms with Crippen molar-refractivity contribution in [2.24, 2.45) is 5.41 Å². The summed E-state index contributed by atoms with van der Waals surface area (Å²) < 4.78 is 2.04. The Morgan fingerprint density at radius 3 is 2.47 bits per heavy atom. The highest BCUT2D eigenvalue weighted by molar-refractivity contribution is 5.01. The minimum absolute atomic E-state index is 0.301. The molecule has 0 radical (unpaired) electrons. The molecule has 0 amide bonds. The van der Waals surface area contributed by atoms with Gasteiger partial charge in [0, 0.05) is 18.3 Å². The lowest BCUT2D eigenvalue weighted by molar-refractivity contribution is 0.254. The van der Waals surface area contributed by atoms with E-state index in [1.807, 2.05) is 4.68 Å². The molecule has 0 aliphatic carbocycles. The molecule has 3 nitrogen and oxygen atoms in total. The van der Waals surface area contributed by atoms with Gasteiger partial charge in [-0.05, 0) is 51.1 Å². The van der Waals surface area contributed by atoms with Crippen molar-refractivity contribution in [3.05, 3.63) is 18.0 Å². The molecule has 0 aliphatic rings. The van der Waals surface area contributed by atoms with E-state index in [4.69, 9.17) is 0 Å². The fraction of sp³-hybridized carbons (Fsp3) is 0.812. The van der Waals surface area contributed by atoms with Crippen LogP contribution in [0.1, 0.15) is 66.1 Å². The third-order valence-corrected chi connectivity index (χ3v) is 3.57. The number of nitrogens with one attached hydrogen (secondary N) is 1. The summed E-state index contributed by atoms with van der Waals surface area (Å²) >= 11 is 0. The van der Waals surface area contributed by atoms with Crippen LogP contribution in [0.25, 0.3) is 0 Å². The molecule has 0 fully saturated rings. The average molecular weight is 265 g/mol. The summed E-state index contributed by atoms with van der Waals surface area (Å²) in [4.78, 5) is 0. The summed E-state index contributed by atoms with van der Waals surface area (Å²) in [6.45, 7) is 14.6. The van der Waals surface area contributed by atoms with Gasteiger partial charge in [-0.25, -0.2) is 0 Å². The van der Waals surface area contributed by atoms with Crippen LogP contribution >= 0.6 is 0 Å². The molecule has 0 saturated carbocycles. The second kappa shape index (κ2) is 7.09. The van der Waals surface area contributed by atoms with Crippen LogP contribution in [0.15, 0.2) is 12.3 Å². The molecule has 1 rings (SSSR count). The lowest BCUT2D eigenvalue weighted by atomic mass is 9.83. The molecule has 19 heavy (non-hydrogen) atoms. The Morgan fingerprint density at radius 2 is 2.00 bits per heavy atom. The van der Waals surface area contributed by atoms with Gasteiger partial charge in [0.05, 0.1) is 5.69 Å². The van der Waals surface area contributed by atoms with E-state index in [-0.39, 0.29) is 0 Å². The van der Waals surface area contributed by atoms with Crippen LogP contribution in [0.3, 0.4) is 0 Å². The monoisotopic (exact) mass is 265 g/mol. The summed E-state index contributed by atoms with van der Waals surface area (Å²) in [5.74, 6) is 0. The lowest BCUT2D eigenvalue weighted by Gasteiger charge is -2.31. The molecule has 110 valence electrons. The third kappa shape index (κ3) is 5.35. The standard InChI is InChI=1S/C16H31N3/c1-7-11-17-15(16(4,5)6)9-8-14-10-12-19(18-14)13(2)3/h10,12-13,15,17H,7-9,11H2,1-6H3. The first-order valence-electron chi connectivity index (χ1n) is 7.62. The zero-order valence-electron chi connectivity index (χ0n) is 13.5. The molecule has 0 spiro atoms. The van der Waals surface area contributed by atoms with Crippen molar-refractivity contribution in [1.82, 2.24) is 15.1 Å². The van der Waals surface area contributed by atoms with Crippen LogP contribution < -0.4 is 5.32 Å². The number of aryl methyl sites for hydroxylation is 1. The first-order chi connectivity index (χ1) is 8.84. The summed E-state index contributed by atoms with van der Waals surface area (Å²) in [5, 5.41) is 8.31. The normalized spacial score (nSPS) is 14.1. The van der Waals surface area contributed by atoms with Crippen molar-refractivity contribution in [2.75, 3.05) is 6.54 Å². The van der Waals surface area contributed by atoms with Crippen molar-refractivity contribution in [3.63, 3.8) is 0 Å². The van der Waals surface area contributed by atoms with Crippen LogP contribution in [0.4, 0.5) is 0 Å². The van der Waals surface area contributed by atoms with E-state index in [0.29, 0.717) is 17.5 Å². The highest BCUT2D eigenvalue weighted by Crippen LogP contribution is 2.23. The van der Waals surface area contributed by atoms with Gasteiger partial charge in [-0.3, -0.25) is 4.68 Å². The van der Waals surface area contributed by atoms with Gasteiger partial charge in [0.15, 0.2) is 0 Å². The van der Waals surface area contributed by atoms with Crippen LogP contribution in [-0.2, 0) is 6.42 Å². The van der Waals surface area contributed by atoms with Crippen LogP contribution in [0, 0.1) is 5.41 Å². The maximum Gasteiger partial charge on any atom is 0.0625 e. The van der Waals surface area contributed by atoms with Gasteiger partial charge in [0.25, 0.3) is 0 Å². The van der Waals surface area contributed by atoms with Gasteiger partial charge in [0.1, 0.15) is 0 Å². The Kier molecular flexibility index (Phi) is 6.05. The Balaban J connectivity index is 2.55. The van der Waals surface area contributed by atoms with Gasteiger partial charge in [-0.2, -0.15) is 5.10 Å². The van der Waals surface area contributed by atoms with E-state index in [9.17, 15) is 0 Å². The summed E-state index contributed by atoms with van der Waals surface area (Å²) in [6.07, 6.45) is 5.48. The molecule has 1 aromatic rings. The Labute approximate surface area is 118 Å². The third-order valence-electron chi connectivity index (χ3n) is 3.57. The number of rotatable bonds is 7. The lowest BCUT2D eigenvalue weighted by Crippen LogP contribution is -2.41. The zero-order valence-corrected chi connectivity index (χ0v) is 13.5. The molecule has 1 atom stereocenters. The number of nitrogens with zero attached hydrogens (tertiary/aromatic N) is 2. The van der Waals surface area contributed by atoms with Crippen LogP contribution in [-0.4, -0.2) is 22.4 Å². The Hall–Kier alpha value is -0.830. The number of hydrogen-bond donors (Lipinski definition) is 1. The van der Waals surface area contributed by atoms with Crippen molar-refractivity contribution < 1.29 is 0 Å². The molecule has 0 aromatic carbocycles. The van der Waals surface area contributed by atoms with Gasteiger partial charge in [-0.1, -0.05) is 27.7 Å². The van der Waals surface area contributed by atoms with E-state index >= 15 is 0 Å². The van der Waals surface area contributed by atoms with Crippen LogP contribution in [0.5, 0.6) is 0 Å². The van der Waals surface area contributed by atoms with Crippen molar-refractivity contribution >= 4 is 0 Å². The van der Waals surface area contributed by atoms with Gasteiger partial charge in [-0.15, -0.1) is 0 Å². The second-order valence-electron chi connectivity index (χ2n) is 6.79. The number of aromatic nitrogens is 2. The SMILES string of the molecule is CCCNC(CCc1ccn(C(C)C)n1)C(C)(C)C. The topological polar surface area (TPSA) is 29.9 Å². The van der Waals surface area contributed by atoms with Gasteiger partial charge < -0.3 is 5.32 Å². The molecule has 0 saturated heterocycles. The first-order valence-corrected chi connectivity index (χ1v) is 7.62. The van der Waals surface area contributed by atoms with Crippen LogP contribution in [0.2, 0.25) is 0 Å². The Bertz CT molecular complexity index is 360. The predicted molar refractivity (Wildman–Crippen MR) is 82.5 cm³/mol. The van der Waals surface area contributed by atoms with E-state index in [1.54, 1.807) is 0 Å². The van der Waals surface area contributed by atoms with Crippen molar-refractivity contribution in [3.8, 4) is 0 Å². The van der Waals surface area contributed by atoms with Gasteiger partial charge in [0.2, 0.25) is 0 Å². The smallest absolute Gasteiger partial charge is 0.0625 e. The molecule has 1 unspecified atom stereocenters. The quantitative estimate of drug-likeness (QED) is 0.812. The fourth-order valence-electron chi connectivity index (χ4n) is 2.25. The van der Waals surface area contributed by atoms with E-state index < -0.39 is 0 Å². The zero-order chi connectivity index (χ0) is 14.5. The average Bonchev–Trinajstić information content (AvgIpc) is 2.76. The molecule has 3 heteroatoms. The van der Waals surface area contributed by atoms with Gasteiger partial charge >= 0.3 is 0 Å². The first kappa shape index (κ1) is 16.2. The largest absolute Gasteiger partial charge is 0.313 e. The summed E-state index contributed by atoms with van der Waals surface area (Å²) in [6, 6.07) is 3.15.